The maximum absolute atomic E-state index is 2.54. The Bertz CT molecular complexity index is 2310. The smallest absolute Gasteiger partial charge is 0.0152 e. The lowest BCUT2D eigenvalue weighted by molar-refractivity contribution is 0.521. The van der Waals surface area contributed by atoms with Crippen molar-refractivity contribution in [1.29, 1.82) is 0 Å². The Hall–Kier alpha value is -6.24. The number of fused-ring (bicyclic) bond motifs is 2. The van der Waals surface area contributed by atoms with Gasteiger partial charge in [-0.25, -0.2) is 0 Å². The third-order valence-electron chi connectivity index (χ3n) is 11.7. The highest BCUT2D eigenvalue weighted by Crippen LogP contribution is 2.53. The molecule has 0 radical (unpaired) electrons. The van der Waals surface area contributed by atoms with Crippen LogP contribution in [0.3, 0.4) is 0 Å². The van der Waals surface area contributed by atoms with Gasteiger partial charge in [-0.3, -0.25) is 0 Å². The molecule has 0 bridgehead atoms. The molecule has 1 aliphatic rings. The van der Waals surface area contributed by atoms with E-state index in [0.29, 0.717) is 0 Å². The van der Waals surface area contributed by atoms with E-state index in [-0.39, 0.29) is 10.8 Å². The number of hydrogen-bond donors (Lipinski definition) is 0. The number of rotatable bonds is 6. The average molecular weight is 693 g/mol. The van der Waals surface area contributed by atoms with E-state index >= 15 is 0 Å². The summed E-state index contributed by atoms with van der Waals surface area (Å²) >= 11 is 0. The fourth-order valence-electron chi connectivity index (χ4n) is 8.73. The molecular formula is C54H44. The first kappa shape index (κ1) is 33.6. The van der Waals surface area contributed by atoms with Gasteiger partial charge in [0.05, 0.1) is 0 Å². The molecule has 0 aromatic heterocycles. The van der Waals surface area contributed by atoms with Crippen LogP contribution in [0.1, 0.15) is 49.9 Å². The second-order valence-corrected chi connectivity index (χ2v) is 15.8. The lowest BCUT2D eigenvalue weighted by Gasteiger charge is -2.44. The van der Waals surface area contributed by atoms with Crippen molar-refractivity contribution in [2.24, 2.45) is 0 Å². The zero-order chi connectivity index (χ0) is 36.9. The van der Waals surface area contributed by atoms with E-state index in [9.17, 15) is 0 Å². The Morgan fingerprint density at radius 3 is 0.741 bits per heavy atom. The first-order chi connectivity index (χ1) is 26.3. The molecule has 0 aliphatic heterocycles. The Morgan fingerprint density at radius 1 is 0.222 bits per heavy atom. The first-order valence-corrected chi connectivity index (χ1v) is 19.1. The van der Waals surface area contributed by atoms with Crippen molar-refractivity contribution in [1.82, 2.24) is 0 Å². The molecule has 9 rings (SSSR count). The summed E-state index contributed by atoms with van der Waals surface area (Å²) in [6.45, 7) is 9.62. The topological polar surface area (TPSA) is 0 Å². The van der Waals surface area contributed by atoms with Crippen LogP contribution in [-0.4, -0.2) is 0 Å². The molecule has 8 aromatic carbocycles. The van der Waals surface area contributed by atoms with Gasteiger partial charge in [-0.1, -0.05) is 173 Å². The molecule has 0 nitrogen and oxygen atoms in total. The quantitative estimate of drug-likeness (QED) is 0.163. The Labute approximate surface area is 320 Å². The maximum Gasteiger partial charge on any atom is 0.0152 e. The van der Waals surface area contributed by atoms with Gasteiger partial charge in [0.25, 0.3) is 0 Å². The summed E-state index contributed by atoms with van der Waals surface area (Å²) in [4.78, 5) is 0. The van der Waals surface area contributed by atoms with Crippen molar-refractivity contribution < 1.29 is 0 Å². The van der Waals surface area contributed by atoms with Crippen molar-refractivity contribution in [2.45, 2.75) is 38.5 Å². The summed E-state index contributed by atoms with van der Waals surface area (Å²) < 4.78 is 0. The molecule has 0 spiro atoms. The molecule has 1 aliphatic carbocycles. The van der Waals surface area contributed by atoms with Gasteiger partial charge >= 0.3 is 0 Å². The summed E-state index contributed by atoms with van der Waals surface area (Å²) in [5.41, 5.74) is 19.8. The van der Waals surface area contributed by atoms with Crippen LogP contribution in [0.25, 0.3) is 66.8 Å². The van der Waals surface area contributed by atoms with Crippen LogP contribution < -0.4 is 0 Å². The molecule has 0 heterocycles. The highest BCUT2D eigenvalue weighted by Gasteiger charge is 2.42. The lowest BCUT2D eigenvalue weighted by atomic mass is 9.59. The van der Waals surface area contributed by atoms with Gasteiger partial charge in [0.1, 0.15) is 0 Å². The fourth-order valence-corrected chi connectivity index (χ4v) is 8.73. The largest absolute Gasteiger partial charge is 0.0622 e. The van der Waals surface area contributed by atoms with Crippen LogP contribution >= 0.6 is 0 Å². The van der Waals surface area contributed by atoms with Crippen LogP contribution in [-0.2, 0) is 10.8 Å². The minimum Gasteiger partial charge on any atom is -0.0622 e. The number of benzene rings is 8. The predicted molar refractivity (Wildman–Crippen MR) is 230 cm³/mol. The zero-order valence-electron chi connectivity index (χ0n) is 31.5. The van der Waals surface area contributed by atoms with Crippen LogP contribution in [0, 0.1) is 0 Å². The maximum atomic E-state index is 2.54. The van der Waals surface area contributed by atoms with E-state index in [1.807, 2.05) is 0 Å². The molecule has 0 heteroatoms. The van der Waals surface area contributed by atoms with Crippen molar-refractivity contribution >= 4 is 0 Å². The summed E-state index contributed by atoms with van der Waals surface area (Å²) in [6, 6.07) is 71.7. The zero-order valence-corrected chi connectivity index (χ0v) is 31.5. The minimum atomic E-state index is -0.185. The van der Waals surface area contributed by atoms with Crippen LogP contribution in [0.15, 0.2) is 194 Å². The third-order valence-corrected chi connectivity index (χ3v) is 11.7. The second-order valence-electron chi connectivity index (χ2n) is 15.8. The molecule has 0 unspecified atom stereocenters. The Balaban J connectivity index is 1.38. The standard InChI is InChI=1S/C54H44/c1-53(2)49-27-17-18-28-50(49)54(3,4)52-36-48(46-33-43(39-23-13-7-14-24-39)30-44(34-46)40-25-15-8-16-26-40)47(35-51(52)53)45-31-41(37-19-9-5-10-20-37)29-42(32-45)38-21-11-6-12-22-38/h5-36H,1-4H3. The molecule has 0 atom stereocenters. The highest BCUT2D eigenvalue weighted by atomic mass is 14.4. The van der Waals surface area contributed by atoms with Crippen molar-refractivity contribution in [2.75, 3.05) is 0 Å². The molecule has 260 valence electrons. The molecule has 8 aromatic rings. The second kappa shape index (κ2) is 13.3. The molecule has 0 fully saturated rings. The van der Waals surface area contributed by atoms with Gasteiger partial charge in [-0.05, 0) is 138 Å². The monoisotopic (exact) mass is 692 g/mol. The van der Waals surface area contributed by atoms with Gasteiger partial charge in [-0.2, -0.15) is 0 Å². The van der Waals surface area contributed by atoms with Gasteiger partial charge < -0.3 is 0 Å². The lowest BCUT2D eigenvalue weighted by Crippen LogP contribution is -2.36. The molecule has 0 N–H and O–H groups in total. The number of hydrogen-bond acceptors (Lipinski definition) is 0. The molecule has 0 saturated carbocycles. The molecular weight excluding hydrogens is 649 g/mol. The first-order valence-electron chi connectivity index (χ1n) is 19.1. The van der Waals surface area contributed by atoms with Crippen molar-refractivity contribution in [3.8, 4) is 66.8 Å². The van der Waals surface area contributed by atoms with E-state index < -0.39 is 0 Å². The van der Waals surface area contributed by atoms with E-state index in [1.54, 1.807) is 0 Å². The predicted octanol–water partition coefficient (Wildman–Crippen LogP) is 14.7. The van der Waals surface area contributed by atoms with E-state index in [1.165, 1.54) is 89.0 Å². The Kier molecular flexibility index (Phi) is 8.28. The summed E-state index contributed by atoms with van der Waals surface area (Å²) in [6.07, 6.45) is 0. The van der Waals surface area contributed by atoms with E-state index in [2.05, 4.69) is 222 Å². The molecule has 0 saturated heterocycles. The molecule has 0 amide bonds. The summed E-state index contributed by atoms with van der Waals surface area (Å²) in [5, 5.41) is 0. The van der Waals surface area contributed by atoms with Gasteiger partial charge in [0.2, 0.25) is 0 Å². The minimum absolute atomic E-state index is 0.185. The SMILES string of the molecule is CC1(C)c2ccccc2C(C)(C)c2cc(-c3cc(-c4ccccc4)cc(-c4ccccc4)c3)c(-c3cc(-c4ccccc4)cc(-c4ccccc4)c3)cc21. The fraction of sp³-hybridized carbons (Fsp3) is 0.111. The van der Waals surface area contributed by atoms with Gasteiger partial charge in [0.15, 0.2) is 0 Å². The highest BCUT2D eigenvalue weighted by molar-refractivity contribution is 5.92. The average Bonchev–Trinajstić information content (AvgIpc) is 3.23. The van der Waals surface area contributed by atoms with Crippen LogP contribution in [0.2, 0.25) is 0 Å². The Morgan fingerprint density at radius 2 is 0.463 bits per heavy atom. The van der Waals surface area contributed by atoms with E-state index in [4.69, 9.17) is 0 Å². The summed E-state index contributed by atoms with van der Waals surface area (Å²) in [7, 11) is 0. The van der Waals surface area contributed by atoms with Crippen molar-refractivity contribution in [3.63, 3.8) is 0 Å². The van der Waals surface area contributed by atoms with Crippen molar-refractivity contribution in [3.05, 3.63) is 216 Å². The van der Waals surface area contributed by atoms with E-state index in [0.717, 1.165) is 0 Å². The summed E-state index contributed by atoms with van der Waals surface area (Å²) in [5.74, 6) is 0. The van der Waals surface area contributed by atoms with Gasteiger partial charge in [-0.15, -0.1) is 0 Å². The normalized spacial score (nSPS) is 13.9. The van der Waals surface area contributed by atoms with Gasteiger partial charge in [0, 0.05) is 10.8 Å². The van der Waals surface area contributed by atoms with Crippen LogP contribution in [0.4, 0.5) is 0 Å². The third kappa shape index (κ3) is 5.89. The van der Waals surface area contributed by atoms with Crippen LogP contribution in [0.5, 0.6) is 0 Å². The molecule has 54 heavy (non-hydrogen) atoms.